The van der Waals surface area contributed by atoms with E-state index < -0.39 is 18.2 Å². The molecule has 1 amide bonds. The summed E-state index contributed by atoms with van der Waals surface area (Å²) in [4.78, 5) is 26.0. The fraction of sp³-hybridized carbons (Fsp3) is 0.804. The van der Waals surface area contributed by atoms with Crippen molar-refractivity contribution in [2.24, 2.45) is 0 Å². The zero-order valence-electron chi connectivity index (χ0n) is 37.7. The van der Waals surface area contributed by atoms with E-state index >= 15 is 0 Å². The van der Waals surface area contributed by atoms with Crippen LogP contribution in [0.5, 0.6) is 0 Å². The van der Waals surface area contributed by atoms with Crippen LogP contribution in [0.25, 0.3) is 0 Å². The van der Waals surface area contributed by atoms with Gasteiger partial charge in [-0.1, -0.05) is 211 Å². The molecule has 0 aliphatic rings. The van der Waals surface area contributed by atoms with Crippen LogP contribution >= 0.6 is 0 Å². The Hall–Kier alpha value is -2.18. The lowest BCUT2D eigenvalue weighted by Crippen LogP contribution is -2.46. The number of aliphatic hydroxyl groups excluding tert-OH is 2. The monoisotopic (exact) mass is 800 g/mol. The van der Waals surface area contributed by atoms with Gasteiger partial charge in [0.1, 0.15) is 6.10 Å². The molecule has 3 atom stereocenters. The molecule has 3 N–H and O–H groups in total. The van der Waals surface area contributed by atoms with E-state index in [1.807, 2.05) is 0 Å². The van der Waals surface area contributed by atoms with Crippen LogP contribution < -0.4 is 5.32 Å². The third-order valence-corrected chi connectivity index (χ3v) is 10.9. The molecule has 0 saturated carbocycles. The molecule has 6 nitrogen and oxygen atoms in total. The SMILES string of the molecule is CC/C=C/C/C=C/C/C=C/C/C=C/CCCCCC(=O)OC(CCCCCCCCCC)CC(=O)NC(CO)C(O)CCCCCCCCCCCCCCCC. The minimum Gasteiger partial charge on any atom is -0.462 e. The topological polar surface area (TPSA) is 95.9 Å². The zero-order valence-corrected chi connectivity index (χ0v) is 37.7. The Balaban J connectivity index is 4.49. The van der Waals surface area contributed by atoms with Crippen LogP contribution in [0.1, 0.15) is 239 Å². The summed E-state index contributed by atoms with van der Waals surface area (Å²) in [5.74, 6) is -0.510. The van der Waals surface area contributed by atoms with E-state index in [4.69, 9.17) is 4.74 Å². The highest BCUT2D eigenvalue weighted by molar-refractivity contribution is 5.77. The standard InChI is InChI=1S/C51H93NO5/c1-4-7-10-13-16-19-21-23-25-26-28-30-32-35-38-41-44-51(56)57-47(42-39-36-33-18-15-12-9-6-3)45-50(55)52-48(46-53)49(54)43-40-37-34-31-29-27-24-22-20-17-14-11-8-5-2/h7,10,16,19,23,25,28,30,47-49,53-54H,4-6,8-9,11-15,17-18,20-22,24,26-27,29,31-46H2,1-3H3,(H,52,55)/b10-7+,19-16+,25-23+,30-28+. The van der Waals surface area contributed by atoms with Crippen molar-refractivity contribution in [2.45, 2.75) is 257 Å². The molecule has 0 rings (SSSR count). The minimum atomic E-state index is -0.790. The van der Waals surface area contributed by atoms with Crippen LogP contribution in [-0.4, -0.2) is 46.9 Å². The molecule has 332 valence electrons. The van der Waals surface area contributed by atoms with Gasteiger partial charge in [-0.2, -0.15) is 0 Å². The van der Waals surface area contributed by atoms with Gasteiger partial charge in [0.05, 0.1) is 25.2 Å². The summed E-state index contributed by atoms with van der Waals surface area (Å²) >= 11 is 0. The van der Waals surface area contributed by atoms with Crippen LogP contribution in [0.3, 0.4) is 0 Å². The normalized spacial score (nSPS) is 13.7. The number of rotatable bonds is 43. The lowest BCUT2D eigenvalue weighted by atomic mass is 10.0. The molecular formula is C51H93NO5. The van der Waals surface area contributed by atoms with Gasteiger partial charge in [0.2, 0.25) is 5.91 Å². The summed E-state index contributed by atoms with van der Waals surface area (Å²) in [5.41, 5.74) is 0. The average molecular weight is 800 g/mol. The van der Waals surface area contributed by atoms with Gasteiger partial charge in [-0.25, -0.2) is 0 Å². The van der Waals surface area contributed by atoms with Gasteiger partial charge in [-0.05, 0) is 64.2 Å². The molecule has 0 aliphatic carbocycles. The quantitative estimate of drug-likeness (QED) is 0.0324. The van der Waals surface area contributed by atoms with Crippen LogP contribution in [-0.2, 0) is 14.3 Å². The van der Waals surface area contributed by atoms with Crippen molar-refractivity contribution in [2.75, 3.05) is 6.61 Å². The summed E-state index contributed by atoms with van der Waals surface area (Å²) in [7, 11) is 0. The summed E-state index contributed by atoms with van der Waals surface area (Å²) in [6.45, 7) is 6.34. The number of aliphatic hydroxyl groups is 2. The predicted molar refractivity (Wildman–Crippen MR) is 245 cm³/mol. The van der Waals surface area contributed by atoms with Gasteiger partial charge >= 0.3 is 5.97 Å². The van der Waals surface area contributed by atoms with Gasteiger partial charge in [0.15, 0.2) is 0 Å². The maximum Gasteiger partial charge on any atom is 0.306 e. The number of nitrogens with one attached hydrogen (secondary N) is 1. The van der Waals surface area contributed by atoms with Crippen molar-refractivity contribution in [1.82, 2.24) is 5.32 Å². The largest absolute Gasteiger partial charge is 0.462 e. The average Bonchev–Trinajstić information content (AvgIpc) is 3.20. The van der Waals surface area contributed by atoms with E-state index in [2.05, 4.69) is 74.7 Å². The van der Waals surface area contributed by atoms with Crippen LogP contribution in [0.4, 0.5) is 0 Å². The lowest BCUT2D eigenvalue weighted by Gasteiger charge is -2.24. The second-order valence-corrected chi connectivity index (χ2v) is 16.5. The van der Waals surface area contributed by atoms with E-state index in [0.717, 1.165) is 89.9 Å². The summed E-state index contributed by atoms with van der Waals surface area (Å²) in [6, 6.07) is -0.704. The molecule has 0 aromatic rings. The summed E-state index contributed by atoms with van der Waals surface area (Å²) < 4.78 is 5.88. The Morgan fingerprint density at radius 1 is 0.526 bits per heavy atom. The molecular weight excluding hydrogens is 707 g/mol. The Labute approximate surface area is 353 Å². The number of amides is 1. The highest BCUT2D eigenvalue weighted by atomic mass is 16.5. The maximum absolute atomic E-state index is 13.1. The maximum atomic E-state index is 13.1. The minimum absolute atomic E-state index is 0.0656. The predicted octanol–water partition coefficient (Wildman–Crippen LogP) is 14.3. The number of allylic oxidation sites excluding steroid dienone is 8. The number of carbonyl (C=O) groups excluding carboxylic acids is 2. The highest BCUT2D eigenvalue weighted by Gasteiger charge is 2.24. The van der Waals surface area contributed by atoms with E-state index in [9.17, 15) is 19.8 Å². The molecule has 0 aliphatic heterocycles. The second-order valence-electron chi connectivity index (χ2n) is 16.5. The summed E-state index contributed by atoms with van der Waals surface area (Å²) in [5, 5.41) is 23.7. The number of hydrogen-bond donors (Lipinski definition) is 3. The van der Waals surface area contributed by atoms with Gasteiger partial charge in [0, 0.05) is 6.42 Å². The zero-order chi connectivity index (χ0) is 41.7. The summed E-state index contributed by atoms with van der Waals surface area (Å²) in [6.07, 6.45) is 53.2. The fourth-order valence-corrected chi connectivity index (χ4v) is 7.24. The Morgan fingerprint density at radius 2 is 0.947 bits per heavy atom. The van der Waals surface area contributed by atoms with Crippen molar-refractivity contribution in [3.05, 3.63) is 48.6 Å². The third kappa shape index (κ3) is 40.4. The van der Waals surface area contributed by atoms with Crippen molar-refractivity contribution in [3.8, 4) is 0 Å². The van der Waals surface area contributed by atoms with Gasteiger partial charge < -0.3 is 20.3 Å². The molecule has 57 heavy (non-hydrogen) atoms. The smallest absolute Gasteiger partial charge is 0.306 e. The number of carbonyl (C=O) groups is 2. The molecule has 6 heteroatoms. The van der Waals surface area contributed by atoms with E-state index in [-0.39, 0.29) is 24.9 Å². The second kappa shape index (κ2) is 44.9. The first-order valence-corrected chi connectivity index (χ1v) is 24.4. The van der Waals surface area contributed by atoms with Crippen molar-refractivity contribution < 1.29 is 24.5 Å². The van der Waals surface area contributed by atoms with Gasteiger partial charge in [-0.15, -0.1) is 0 Å². The number of esters is 1. The van der Waals surface area contributed by atoms with Crippen LogP contribution in [0.2, 0.25) is 0 Å². The van der Waals surface area contributed by atoms with E-state index in [0.29, 0.717) is 19.3 Å². The van der Waals surface area contributed by atoms with Crippen LogP contribution in [0.15, 0.2) is 48.6 Å². The first-order valence-electron chi connectivity index (χ1n) is 24.4. The molecule has 0 aromatic heterocycles. The molecule has 0 aromatic carbocycles. The van der Waals surface area contributed by atoms with Gasteiger partial charge in [0.25, 0.3) is 0 Å². The van der Waals surface area contributed by atoms with Gasteiger partial charge in [-0.3, -0.25) is 9.59 Å². The molecule has 0 spiro atoms. The molecule has 0 saturated heterocycles. The molecule has 0 radical (unpaired) electrons. The van der Waals surface area contributed by atoms with Crippen LogP contribution in [0, 0.1) is 0 Å². The Morgan fingerprint density at radius 3 is 1.42 bits per heavy atom. The third-order valence-electron chi connectivity index (χ3n) is 10.9. The number of ether oxygens (including phenoxy) is 1. The Kier molecular flexibility index (Phi) is 43.2. The molecule has 0 heterocycles. The lowest BCUT2D eigenvalue weighted by molar-refractivity contribution is -0.151. The van der Waals surface area contributed by atoms with Crippen molar-refractivity contribution in [3.63, 3.8) is 0 Å². The van der Waals surface area contributed by atoms with Crippen molar-refractivity contribution >= 4 is 11.9 Å². The Bertz CT molecular complexity index is 988. The fourth-order valence-electron chi connectivity index (χ4n) is 7.24. The molecule has 0 bridgehead atoms. The first-order chi connectivity index (χ1) is 28.0. The molecule has 3 unspecified atom stereocenters. The van der Waals surface area contributed by atoms with Crippen molar-refractivity contribution in [1.29, 1.82) is 0 Å². The first kappa shape index (κ1) is 54.8. The molecule has 0 fully saturated rings. The highest BCUT2D eigenvalue weighted by Crippen LogP contribution is 2.17. The number of hydrogen-bond acceptors (Lipinski definition) is 5. The van der Waals surface area contributed by atoms with E-state index in [1.54, 1.807) is 0 Å². The number of unbranched alkanes of at least 4 members (excludes halogenated alkanes) is 23. The van der Waals surface area contributed by atoms with E-state index in [1.165, 1.54) is 103 Å².